The smallest absolute Gasteiger partial charge is 0.241 e. The van der Waals surface area contributed by atoms with Crippen molar-refractivity contribution in [2.45, 2.75) is 43.4 Å². The van der Waals surface area contributed by atoms with E-state index < -0.39 is 10.0 Å². The Labute approximate surface area is 195 Å². The molecule has 170 valence electrons. The van der Waals surface area contributed by atoms with Gasteiger partial charge in [-0.3, -0.25) is 4.79 Å². The van der Waals surface area contributed by atoms with Crippen LogP contribution in [0.1, 0.15) is 47.2 Å². The maximum absolute atomic E-state index is 12.6. The molecule has 6 nitrogen and oxygen atoms in total. The van der Waals surface area contributed by atoms with E-state index in [1.807, 2.05) is 24.3 Å². The molecule has 0 amide bonds. The number of ether oxygens (including phenoxy) is 1. The number of hydrogen-bond acceptors (Lipinski definition) is 5. The lowest BCUT2D eigenvalue weighted by molar-refractivity contribution is 0.0979. The van der Waals surface area contributed by atoms with Gasteiger partial charge in [0.05, 0.1) is 6.61 Å². The van der Waals surface area contributed by atoms with E-state index in [0.717, 1.165) is 54.9 Å². The van der Waals surface area contributed by atoms with Crippen molar-refractivity contribution < 1.29 is 17.9 Å². The Bertz CT molecular complexity index is 1010. The first-order valence-corrected chi connectivity index (χ1v) is 12.1. The Morgan fingerprint density at radius 2 is 1.94 bits per heavy atom. The molecule has 3 rings (SSSR count). The summed E-state index contributed by atoms with van der Waals surface area (Å²) in [5, 5.41) is 9.47. The zero-order chi connectivity index (χ0) is 21.6. The number of unbranched alkanes of at least 4 members (excludes halogenated alkanes) is 1. The molecule has 0 spiro atoms. The molecule has 0 radical (unpaired) electrons. The molecular formula is C22H28Cl2N2O4S. The van der Waals surface area contributed by atoms with E-state index in [-0.39, 0.29) is 23.1 Å². The minimum atomic E-state index is -3.96. The highest BCUT2D eigenvalue weighted by atomic mass is 35.5. The second-order valence-corrected chi connectivity index (χ2v) is 9.37. The van der Waals surface area contributed by atoms with Gasteiger partial charge in [-0.15, -0.1) is 12.4 Å². The number of primary sulfonamides is 1. The van der Waals surface area contributed by atoms with Crippen molar-refractivity contribution in [2.24, 2.45) is 5.14 Å². The lowest BCUT2D eigenvalue weighted by Crippen LogP contribution is -2.19. The number of nitrogens with one attached hydrogen (secondary N) is 1. The van der Waals surface area contributed by atoms with Crippen molar-refractivity contribution in [3.05, 3.63) is 58.1 Å². The fraction of sp³-hybridized carbons (Fsp3) is 0.409. The van der Waals surface area contributed by atoms with Crippen LogP contribution in [0.2, 0.25) is 5.02 Å². The third-order valence-corrected chi connectivity index (χ3v) is 6.42. The van der Waals surface area contributed by atoms with Crippen LogP contribution in [0.25, 0.3) is 0 Å². The molecule has 0 fully saturated rings. The predicted molar refractivity (Wildman–Crippen MR) is 125 cm³/mol. The summed E-state index contributed by atoms with van der Waals surface area (Å²) in [7, 11) is -3.96. The number of sulfonamides is 1. The molecule has 0 saturated heterocycles. The second-order valence-electron chi connectivity index (χ2n) is 7.43. The molecule has 0 unspecified atom stereocenters. The van der Waals surface area contributed by atoms with Crippen LogP contribution < -0.4 is 15.2 Å². The van der Waals surface area contributed by atoms with E-state index in [0.29, 0.717) is 30.8 Å². The molecular weight excluding hydrogens is 459 g/mol. The van der Waals surface area contributed by atoms with Crippen LogP contribution in [0, 0.1) is 0 Å². The highest BCUT2D eigenvalue weighted by Gasteiger charge is 2.24. The summed E-state index contributed by atoms with van der Waals surface area (Å²) in [6.45, 7) is 2.07. The number of halogens is 2. The monoisotopic (exact) mass is 486 g/mol. The number of carbonyl (C=O) groups excluding carboxylic acids is 1. The van der Waals surface area contributed by atoms with Crippen molar-refractivity contribution in [2.75, 3.05) is 19.7 Å². The van der Waals surface area contributed by atoms with Crippen molar-refractivity contribution >= 4 is 39.8 Å². The normalized spacial score (nSPS) is 13.1. The van der Waals surface area contributed by atoms with Gasteiger partial charge in [-0.25, -0.2) is 13.6 Å². The lowest BCUT2D eigenvalue weighted by Gasteiger charge is -2.20. The summed E-state index contributed by atoms with van der Waals surface area (Å²) in [5.74, 6) is 0.215. The van der Waals surface area contributed by atoms with Crippen LogP contribution >= 0.6 is 24.0 Å². The number of aryl methyl sites for hydroxylation is 1. The van der Waals surface area contributed by atoms with E-state index in [4.69, 9.17) is 21.5 Å². The summed E-state index contributed by atoms with van der Waals surface area (Å²) < 4.78 is 29.4. The molecule has 0 bridgehead atoms. The summed E-state index contributed by atoms with van der Waals surface area (Å²) in [6.07, 6.45) is 4.24. The minimum absolute atomic E-state index is 0. The van der Waals surface area contributed by atoms with E-state index in [9.17, 15) is 13.2 Å². The number of carbonyl (C=O) groups is 1. The number of benzene rings is 2. The Balaban J connectivity index is 0.00000341. The second kappa shape index (κ2) is 11.8. The fourth-order valence-electron chi connectivity index (χ4n) is 3.55. The first-order chi connectivity index (χ1) is 14.4. The van der Waals surface area contributed by atoms with Crippen molar-refractivity contribution in [1.29, 1.82) is 0 Å². The highest BCUT2D eigenvalue weighted by molar-refractivity contribution is 7.89. The van der Waals surface area contributed by atoms with Gasteiger partial charge >= 0.3 is 0 Å². The van der Waals surface area contributed by atoms with Crippen LogP contribution in [0.5, 0.6) is 5.75 Å². The number of hydrogen-bond donors (Lipinski definition) is 2. The van der Waals surface area contributed by atoms with Crippen molar-refractivity contribution in [3.8, 4) is 5.75 Å². The van der Waals surface area contributed by atoms with Gasteiger partial charge in [-0.2, -0.15) is 0 Å². The van der Waals surface area contributed by atoms with Crippen LogP contribution in [-0.4, -0.2) is 33.9 Å². The lowest BCUT2D eigenvalue weighted by atomic mass is 9.99. The number of nitrogens with two attached hydrogens (primary N) is 1. The molecule has 0 atom stereocenters. The Kier molecular flexibility index (Phi) is 9.78. The summed E-state index contributed by atoms with van der Waals surface area (Å²) in [4.78, 5) is 12.5. The maximum Gasteiger partial charge on any atom is 0.241 e. The van der Waals surface area contributed by atoms with E-state index in [2.05, 4.69) is 5.32 Å². The molecule has 0 saturated carbocycles. The standard InChI is InChI=1S/C22H27ClN2O4S.ClH/c23-19-8-2-1-6-16(19)10-12-25-11-4-3-9-20(26)18-14-17-7-5-13-29-22(17)21(15-18)30(24,27)28;/h1-2,6,8,14-15,25H,3-5,7,9-13H2,(H2,24,27,28);1H. The maximum atomic E-state index is 12.6. The molecule has 31 heavy (non-hydrogen) atoms. The molecule has 1 aliphatic rings. The first kappa shape index (κ1) is 25.6. The minimum Gasteiger partial charge on any atom is -0.492 e. The van der Waals surface area contributed by atoms with E-state index >= 15 is 0 Å². The number of rotatable bonds is 10. The van der Waals surface area contributed by atoms with Gasteiger partial charge in [0.25, 0.3) is 0 Å². The third-order valence-electron chi connectivity index (χ3n) is 5.13. The summed E-state index contributed by atoms with van der Waals surface area (Å²) >= 11 is 6.14. The molecule has 1 heterocycles. The SMILES string of the molecule is Cl.NS(=O)(=O)c1cc(C(=O)CCCCNCCc2ccccc2Cl)cc2c1OCCC2. The van der Waals surface area contributed by atoms with Crippen LogP contribution in [0.3, 0.4) is 0 Å². The summed E-state index contributed by atoms with van der Waals surface area (Å²) in [6, 6.07) is 10.9. The predicted octanol–water partition coefficient (Wildman–Crippen LogP) is 3.92. The van der Waals surface area contributed by atoms with E-state index in [1.165, 1.54) is 6.07 Å². The Morgan fingerprint density at radius 1 is 1.16 bits per heavy atom. The highest BCUT2D eigenvalue weighted by Crippen LogP contribution is 2.33. The average molecular weight is 487 g/mol. The average Bonchev–Trinajstić information content (AvgIpc) is 2.72. The zero-order valence-corrected chi connectivity index (χ0v) is 19.6. The molecule has 0 aromatic heterocycles. The number of ketones is 1. The Hall–Kier alpha value is -1.64. The van der Waals surface area contributed by atoms with Gasteiger partial charge in [0.15, 0.2) is 5.78 Å². The van der Waals surface area contributed by atoms with E-state index in [1.54, 1.807) is 6.07 Å². The zero-order valence-electron chi connectivity index (χ0n) is 17.2. The molecule has 2 aromatic rings. The van der Waals surface area contributed by atoms with Gasteiger partial charge in [0.1, 0.15) is 10.6 Å². The van der Waals surface area contributed by atoms with Crippen LogP contribution in [0.4, 0.5) is 0 Å². The fourth-order valence-corrected chi connectivity index (χ4v) is 4.52. The van der Waals surface area contributed by atoms with Crippen molar-refractivity contribution in [3.63, 3.8) is 0 Å². The summed E-state index contributed by atoms with van der Waals surface area (Å²) in [5.41, 5.74) is 2.23. The number of Topliss-reactive ketones (excluding diaryl/α,β-unsaturated/α-hetero) is 1. The van der Waals surface area contributed by atoms with Gasteiger partial charge in [-0.1, -0.05) is 29.8 Å². The molecule has 1 aliphatic heterocycles. The topological polar surface area (TPSA) is 98.5 Å². The molecule has 9 heteroatoms. The van der Waals surface area contributed by atoms with Gasteiger partial charge < -0.3 is 10.1 Å². The van der Waals surface area contributed by atoms with Crippen LogP contribution in [0.15, 0.2) is 41.3 Å². The first-order valence-electron chi connectivity index (χ1n) is 10.2. The molecule has 2 aromatic carbocycles. The van der Waals surface area contributed by atoms with Crippen molar-refractivity contribution in [1.82, 2.24) is 5.32 Å². The third kappa shape index (κ3) is 7.19. The van der Waals surface area contributed by atoms with Gasteiger partial charge in [0.2, 0.25) is 10.0 Å². The van der Waals surface area contributed by atoms with Crippen LogP contribution in [-0.2, 0) is 22.9 Å². The van der Waals surface area contributed by atoms with Gasteiger partial charge in [-0.05, 0) is 74.5 Å². The molecule has 3 N–H and O–H groups in total. The largest absolute Gasteiger partial charge is 0.492 e. The number of fused-ring (bicyclic) bond motifs is 1. The Morgan fingerprint density at radius 3 is 2.68 bits per heavy atom. The molecule has 0 aliphatic carbocycles. The quantitative estimate of drug-likeness (QED) is 0.391. The van der Waals surface area contributed by atoms with Gasteiger partial charge in [0, 0.05) is 17.0 Å².